The summed E-state index contributed by atoms with van der Waals surface area (Å²) in [6.07, 6.45) is -2.71. The molecule has 5 nitrogen and oxygen atoms in total. The second-order valence-corrected chi connectivity index (χ2v) is 8.79. The largest absolute Gasteiger partial charge is 0.481 e. The third-order valence-corrected chi connectivity index (χ3v) is 5.62. The fourth-order valence-corrected chi connectivity index (χ4v) is 3.99. The maximum absolute atomic E-state index is 14.0. The number of benzene rings is 2. The monoisotopic (exact) mass is 404 g/mol. The van der Waals surface area contributed by atoms with Crippen LogP contribution in [0.4, 0.5) is 4.39 Å². The van der Waals surface area contributed by atoms with Crippen LogP contribution < -0.4 is 0 Å². The highest BCUT2D eigenvalue weighted by atomic mass is 31.2. The third kappa shape index (κ3) is 5.53. The molecule has 7 heteroatoms. The van der Waals surface area contributed by atoms with Gasteiger partial charge in [0.15, 0.2) is 0 Å². The summed E-state index contributed by atoms with van der Waals surface area (Å²) >= 11 is 0. The molecule has 2 aromatic rings. The summed E-state index contributed by atoms with van der Waals surface area (Å²) in [5.41, 5.74) is 6.01. The highest BCUT2D eigenvalue weighted by Gasteiger charge is 2.22. The summed E-state index contributed by atoms with van der Waals surface area (Å²) < 4.78 is 26.2. The molecule has 0 aromatic heterocycles. The van der Waals surface area contributed by atoms with E-state index in [0.29, 0.717) is 22.3 Å². The molecule has 0 amide bonds. The van der Waals surface area contributed by atoms with Gasteiger partial charge in [-0.15, -0.1) is 0 Å². The maximum atomic E-state index is 14.0. The Balaban J connectivity index is 2.45. The molecule has 0 heterocycles. The molecule has 2 rings (SSSR count). The topological polar surface area (TPSA) is 94.8 Å². The Bertz CT molecular complexity index is 996. The van der Waals surface area contributed by atoms with Gasteiger partial charge in [0.05, 0.1) is 18.7 Å². The third-order valence-electron chi connectivity index (χ3n) is 4.24. The summed E-state index contributed by atoms with van der Waals surface area (Å²) in [6, 6.07) is 8.80. The molecule has 0 fully saturated rings. The minimum Gasteiger partial charge on any atom is -0.481 e. The standard InChI is InChI=1S/C21H22FO5P/c1-13-5-4-6-19(16-9-14(2)21(22)15(3)10-16)18(13)7-8-28(26,27)12-17(23)11-20(24)25/h4-6,9-10,17,23H,11-12H2,1-3H3,(H,24,25)(H,26,27). The number of hydrogen-bond acceptors (Lipinski definition) is 3. The quantitative estimate of drug-likeness (QED) is 0.520. The molecule has 0 saturated carbocycles. The first-order valence-electron chi connectivity index (χ1n) is 8.62. The average molecular weight is 404 g/mol. The number of aliphatic hydroxyl groups is 1. The Morgan fingerprint density at radius 1 is 1.18 bits per heavy atom. The lowest BCUT2D eigenvalue weighted by Crippen LogP contribution is -2.17. The van der Waals surface area contributed by atoms with Gasteiger partial charge in [-0.25, -0.2) is 4.39 Å². The van der Waals surface area contributed by atoms with E-state index in [-0.39, 0.29) is 5.82 Å². The lowest BCUT2D eigenvalue weighted by molar-refractivity contribution is -0.138. The normalized spacial score (nSPS) is 13.9. The van der Waals surface area contributed by atoms with E-state index in [9.17, 15) is 23.7 Å². The Hall–Kier alpha value is -2.45. The fraction of sp³-hybridized carbons (Fsp3) is 0.286. The molecular formula is C21H22FO5P. The maximum Gasteiger partial charge on any atom is 0.305 e. The summed E-state index contributed by atoms with van der Waals surface area (Å²) in [4.78, 5) is 20.6. The van der Waals surface area contributed by atoms with Crippen LogP contribution in [0.1, 0.15) is 28.7 Å². The van der Waals surface area contributed by atoms with E-state index < -0.39 is 32.0 Å². The van der Waals surface area contributed by atoms with Crippen molar-refractivity contribution in [3.05, 3.63) is 58.4 Å². The van der Waals surface area contributed by atoms with Crippen LogP contribution in [0.15, 0.2) is 30.3 Å². The van der Waals surface area contributed by atoms with Crippen LogP contribution in [0.25, 0.3) is 11.1 Å². The Kier molecular flexibility index (Phi) is 6.79. The lowest BCUT2D eigenvalue weighted by atomic mass is 9.94. The molecule has 0 saturated heterocycles. The average Bonchev–Trinajstić information content (AvgIpc) is 2.56. The molecule has 2 unspecified atom stereocenters. The van der Waals surface area contributed by atoms with Crippen molar-refractivity contribution >= 4 is 13.3 Å². The Morgan fingerprint density at radius 3 is 2.36 bits per heavy atom. The lowest BCUT2D eigenvalue weighted by Gasteiger charge is -2.12. The first-order chi connectivity index (χ1) is 13.0. The molecule has 2 atom stereocenters. The number of aliphatic hydroxyl groups excluding tert-OH is 1. The number of rotatable bonds is 5. The van der Waals surface area contributed by atoms with Gasteiger partial charge in [-0.3, -0.25) is 9.36 Å². The Morgan fingerprint density at radius 2 is 1.79 bits per heavy atom. The van der Waals surface area contributed by atoms with E-state index in [0.717, 1.165) is 11.1 Å². The molecule has 0 aliphatic rings. The van der Waals surface area contributed by atoms with Crippen LogP contribution in [-0.4, -0.2) is 33.3 Å². The first kappa shape index (κ1) is 21.8. The van der Waals surface area contributed by atoms with Crippen LogP contribution >= 0.6 is 7.37 Å². The minimum absolute atomic E-state index is 0.281. The number of carboxylic acid groups (broad SMARTS) is 1. The summed E-state index contributed by atoms with van der Waals surface area (Å²) in [7, 11) is -4.06. The van der Waals surface area contributed by atoms with E-state index in [1.807, 2.05) is 6.07 Å². The fourth-order valence-electron chi connectivity index (χ4n) is 2.92. The van der Waals surface area contributed by atoms with Crippen LogP contribution in [0.5, 0.6) is 0 Å². The zero-order chi connectivity index (χ0) is 21.1. The van der Waals surface area contributed by atoms with Gasteiger partial charge in [0.2, 0.25) is 0 Å². The van der Waals surface area contributed by atoms with Crippen molar-refractivity contribution < 1.29 is 28.9 Å². The predicted octanol–water partition coefficient (Wildman–Crippen LogP) is 3.83. The van der Waals surface area contributed by atoms with Gasteiger partial charge >= 0.3 is 5.97 Å². The van der Waals surface area contributed by atoms with Crippen molar-refractivity contribution in [2.24, 2.45) is 0 Å². The Labute approximate surface area is 163 Å². The number of aliphatic carboxylic acids is 1. The van der Waals surface area contributed by atoms with Gasteiger partial charge in [0.25, 0.3) is 7.37 Å². The summed E-state index contributed by atoms with van der Waals surface area (Å²) in [6.45, 7) is 5.13. The second kappa shape index (κ2) is 8.70. The summed E-state index contributed by atoms with van der Waals surface area (Å²) in [5.74, 6) is 1.18. The predicted molar refractivity (Wildman–Crippen MR) is 106 cm³/mol. The zero-order valence-electron chi connectivity index (χ0n) is 15.9. The zero-order valence-corrected chi connectivity index (χ0v) is 16.8. The van der Waals surface area contributed by atoms with Gasteiger partial charge in [0.1, 0.15) is 5.82 Å². The highest BCUT2D eigenvalue weighted by molar-refractivity contribution is 7.63. The molecule has 0 bridgehead atoms. The summed E-state index contributed by atoms with van der Waals surface area (Å²) in [5, 5.41) is 18.3. The van der Waals surface area contributed by atoms with Crippen molar-refractivity contribution in [3.63, 3.8) is 0 Å². The van der Waals surface area contributed by atoms with Crippen molar-refractivity contribution in [3.8, 4) is 22.7 Å². The van der Waals surface area contributed by atoms with Gasteiger partial charge < -0.3 is 15.1 Å². The van der Waals surface area contributed by atoms with Gasteiger partial charge in [-0.1, -0.05) is 24.1 Å². The van der Waals surface area contributed by atoms with E-state index >= 15 is 0 Å². The van der Waals surface area contributed by atoms with E-state index in [1.54, 1.807) is 45.0 Å². The molecule has 2 aromatic carbocycles. The van der Waals surface area contributed by atoms with E-state index in [1.165, 1.54) is 0 Å². The van der Waals surface area contributed by atoms with Crippen LogP contribution in [0.3, 0.4) is 0 Å². The van der Waals surface area contributed by atoms with Crippen molar-refractivity contribution in [2.45, 2.75) is 33.3 Å². The number of halogens is 1. The molecule has 148 valence electrons. The number of aryl methyl sites for hydroxylation is 3. The van der Waals surface area contributed by atoms with Crippen molar-refractivity contribution in [1.29, 1.82) is 0 Å². The minimum atomic E-state index is -4.06. The van der Waals surface area contributed by atoms with E-state index in [4.69, 9.17) is 5.11 Å². The van der Waals surface area contributed by atoms with Crippen LogP contribution in [-0.2, 0) is 9.36 Å². The van der Waals surface area contributed by atoms with Crippen molar-refractivity contribution in [1.82, 2.24) is 0 Å². The number of hydrogen-bond donors (Lipinski definition) is 3. The highest BCUT2D eigenvalue weighted by Crippen LogP contribution is 2.40. The molecule has 0 aliphatic carbocycles. The molecule has 0 aliphatic heterocycles. The molecular weight excluding hydrogens is 382 g/mol. The van der Waals surface area contributed by atoms with Crippen LogP contribution in [0, 0.1) is 38.2 Å². The van der Waals surface area contributed by atoms with Gasteiger partial charge in [-0.05, 0) is 66.4 Å². The molecule has 0 radical (unpaired) electrons. The van der Waals surface area contributed by atoms with E-state index in [2.05, 4.69) is 11.6 Å². The SMILES string of the molecule is Cc1cc(-c2cccc(C)c2C#CP(=O)(O)CC(O)CC(=O)O)cc(C)c1F. The smallest absolute Gasteiger partial charge is 0.305 e. The number of carboxylic acids is 1. The molecule has 3 N–H and O–H groups in total. The second-order valence-electron chi connectivity index (χ2n) is 6.79. The molecule has 28 heavy (non-hydrogen) atoms. The number of carbonyl (C=O) groups is 1. The van der Waals surface area contributed by atoms with Crippen molar-refractivity contribution in [2.75, 3.05) is 6.16 Å². The van der Waals surface area contributed by atoms with Gasteiger partial charge in [-0.2, -0.15) is 0 Å². The van der Waals surface area contributed by atoms with Crippen LogP contribution in [0.2, 0.25) is 0 Å². The van der Waals surface area contributed by atoms with Gasteiger partial charge in [0, 0.05) is 5.56 Å². The molecule has 0 spiro atoms. The first-order valence-corrected chi connectivity index (χ1v) is 10.5.